The van der Waals surface area contributed by atoms with Crippen molar-refractivity contribution in [3.05, 3.63) is 29.8 Å². The minimum atomic E-state index is -0.0191. The second-order valence-electron chi connectivity index (χ2n) is 2.07. The van der Waals surface area contributed by atoms with E-state index >= 15 is 0 Å². The van der Waals surface area contributed by atoms with Gasteiger partial charge in [0, 0.05) is 32.7 Å². The van der Waals surface area contributed by atoms with E-state index in [1.807, 2.05) is 0 Å². The summed E-state index contributed by atoms with van der Waals surface area (Å²) in [7, 11) is 0. The molecule has 1 radical (unpaired) electrons. The van der Waals surface area contributed by atoms with Crippen molar-refractivity contribution in [3.63, 3.8) is 0 Å². The standard InChI is InChI=1S/C8H8NO.Y/c1-6(10)7-4-2-3-5-8(7)9;/h3-5H,9H2,1H3;/q-1;. The average Bonchev–Trinajstić information content (AvgIpc) is 1.88. The van der Waals surface area contributed by atoms with E-state index in [-0.39, 0.29) is 38.5 Å². The number of Topliss-reactive ketones (excluding diaryl/α,β-unsaturated/α-hetero) is 1. The first-order chi connectivity index (χ1) is 4.72. The molecule has 0 spiro atoms. The maximum absolute atomic E-state index is 10.8. The molecule has 0 unspecified atom stereocenters. The number of hydrogen-bond donors (Lipinski definition) is 1. The molecular formula is C8H8NOY-. The second kappa shape index (κ2) is 4.63. The third kappa shape index (κ3) is 2.72. The van der Waals surface area contributed by atoms with Gasteiger partial charge in [-0.05, 0) is 6.92 Å². The molecule has 0 amide bonds. The molecule has 0 aromatic heterocycles. The quantitative estimate of drug-likeness (QED) is 0.442. The summed E-state index contributed by atoms with van der Waals surface area (Å²) in [5, 5.41) is 0. The Bertz CT molecular complexity index is 260. The number of nitrogen functional groups attached to an aromatic ring is 1. The van der Waals surface area contributed by atoms with Gasteiger partial charge < -0.3 is 10.5 Å². The molecule has 0 aliphatic heterocycles. The van der Waals surface area contributed by atoms with Crippen LogP contribution in [-0.2, 0) is 32.7 Å². The van der Waals surface area contributed by atoms with E-state index in [1.54, 1.807) is 18.2 Å². The Balaban J connectivity index is 0.000001000. The Labute approximate surface area is 91.0 Å². The van der Waals surface area contributed by atoms with Crippen LogP contribution in [0.1, 0.15) is 17.3 Å². The van der Waals surface area contributed by atoms with Gasteiger partial charge in [-0.3, -0.25) is 0 Å². The number of carbonyl (C=O) groups is 1. The zero-order valence-electron chi connectivity index (χ0n) is 6.29. The summed E-state index contributed by atoms with van der Waals surface area (Å²) in [5.41, 5.74) is 6.54. The van der Waals surface area contributed by atoms with Crippen LogP contribution in [0.4, 0.5) is 5.69 Å². The van der Waals surface area contributed by atoms with Gasteiger partial charge in [-0.25, -0.2) is 0 Å². The monoisotopic (exact) mass is 223 g/mol. The number of benzene rings is 1. The molecule has 0 aliphatic rings. The Kier molecular flexibility index (Phi) is 4.54. The maximum atomic E-state index is 10.8. The van der Waals surface area contributed by atoms with Crippen molar-refractivity contribution in [2.75, 3.05) is 5.73 Å². The first-order valence-corrected chi connectivity index (χ1v) is 2.98. The van der Waals surface area contributed by atoms with Gasteiger partial charge in [0.15, 0.2) is 0 Å². The Hall–Kier alpha value is -0.206. The van der Waals surface area contributed by atoms with Gasteiger partial charge in [0.1, 0.15) is 5.78 Å². The van der Waals surface area contributed by atoms with Crippen molar-refractivity contribution in [2.45, 2.75) is 6.92 Å². The largest absolute Gasteiger partial charge is 0.419 e. The summed E-state index contributed by atoms with van der Waals surface area (Å²) >= 11 is 0. The van der Waals surface area contributed by atoms with E-state index in [4.69, 9.17) is 5.73 Å². The van der Waals surface area contributed by atoms with Gasteiger partial charge in [0.2, 0.25) is 0 Å². The van der Waals surface area contributed by atoms with Crippen molar-refractivity contribution in [3.8, 4) is 0 Å². The van der Waals surface area contributed by atoms with Crippen molar-refractivity contribution in [1.82, 2.24) is 0 Å². The molecule has 0 saturated heterocycles. The minimum absolute atomic E-state index is 0. The minimum Gasteiger partial charge on any atom is -0.419 e. The van der Waals surface area contributed by atoms with E-state index < -0.39 is 0 Å². The fourth-order valence-electron chi connectivity index (χ4n) is 0.747. The SMILES string of the molecule is CC(=O)c1c[c-]ccc1N.[Y]. The van der Waals surface area contributed by atoms with Crippen LogP contribution in [0.5, 0.6) is 0 Å². The summed E-state index contributed by atoms with van der Waals surface area (Å²) in [5.74, 6) is -0.0191. The van der Waals surface area contributed by atoms with Crippen LogP contribution < -0.4 is 5.73 Å². The molecular weight excluding hydrogens is 215 g/mol. The summed E-state index contributed by atoms with van der Waals surface area (Å²) in [6.07, 6.45) is 0. The maximum Gasteiger partial charge on any atom is 0.107 e. The van der Waals surface area contributed by atoms with E-state index in [1.165, 1.54) is 6.92 Å². The molecule has 11 heavy (non-hydrogen) atoms. The molecule has 0 heterocycles. The smallest absolute Gasteiger partial charge is 0.107 e. The predicted molar refractivity (Wildman–Crippen MR) is 39.7 cm³/mol. The third-order valence-electron chi connectivity index (χ3n) is 1.28. The molecule has 55 valence electrons. The third-order valence-corrected chi connectivity index (χ3v) is 1.28. The van der Waals surface area contributed by atoms with Gasteiger partial charge in [-0.2, -0.15) is 18.2 Å². The van der Waals surface area contributed by atoms with Gasteiger partial charge in [0.05, 0.1) is 0 Å². The zero-order valence-corrected chi connectivity index (χ0v) is 9.13. The molecule has 0 fully saturated rings. The molecule has 1 rings (SSSR count). The summed E-state index contributed by atoms with van der Waals surface area (Å²) in [4.78, 5) is 10.8. The molecule has 0 saturated carbocycles. The van der Waals surface area contributed by atoms with Crippen molar-refractivity contribution >= 4 is 11.5 Å². The van der Waals surface area contributed by atoms with Crippen LogP contribution in [0.2, 0.25) is 0 Å². The topological polar surface area (TPSA) is 43.1 Å². The summed E-state index contributed by atoms with van der Waals surface area (Å²) in [6.45, 7) is 1.49. The molecule has 2 N–H and O–H groups in total. The zero-order chi connectivity index (χ0) is 7.56. The van der Waals surface area contributed by atoms with Crippen LogP contribution in [0.25, 0.3) is 0 Å². The van der Waals surface area contributed by atoms with Gasteiger partial charge >= 0.3 is 0 Å². The molecule has 1 aromatic rings. The second-order valence-corrected chi connectivity index (χ2v) is 2.07. The molecule has 0 atom stereocenters. The fraction of sp³-hybridized carbons (Fsp3) is 0.125. The summed E-state index contributed by atoms with van der Waals surface area (Å²) < 4.78 is 0. The predicted octanol–water partition coefficient (Wildman–Crippen LogP) is 1.27. The summed E-state index contributed by atoms with van der Waals surface area (Å²) in [6, 6.07) is 7.72. The van der Waals surface area contributed by atoms with E-state index in [9.17, 15) is 4.79 Å². The first-order valence-electron chi connectivity index (χ1n) is 2.98. The van der Waals surface area contributed by atoms with Gasteiger partial charge in [-0.1, -0.05) is 11.3 Å². The number of ketones is 1. The molecule has 0 bridgehead atoms. The van der Waals surface area contributed by atoms with E-state index in [2.05, 4.69) is 6.07 Å². The molecule has 0 aliphatic carbocycles. The van der Waals surface area contributed by atoms with Gasteiger partial charge in [0.25, 0.3) is 0 Å². The number of carbonyl (C=O) groups excluding carboxylic acids is 1. The van der Waals surface area contributed by atoms with E-state index in [0.29, 0.717) is 11.3 Å². The van der Waals surface area contributed by atoms with Crippen LogP contribution in [-0.4, -0.2) is 5.78 Å². The molecule has 3 heteroatoms. The van der Waals surface area contributed by atoms with Crippen molar-refractivity contribution < 1.29 is 37.5 Å². The molecule has 2 nitrogen and oxygen atoms in total. The van der Waals surface area contributed by atoms with Crippen LogP contribution >= 0.6 is 0 Å². The fourth-order valence-corrected chi connectivity index (χ4v) is 0.747. The van der Waals surface area contributed by atoms with Crippen LogP contribution in [0.3, 0.4) is 0 Å². The Morgan fingerprint density at radius 2 is 2.27 bits per heavy atom. The number of nitrogens with two attached hydrogens (primary N) is 1. The van der Waals surface area contributed by atoms with Crippen LogP contribution in [0.15, 0.2) is 18.2 Å². The van der Waals surface area contributed by atoms with Crippen molar-refractivity contribution in [1.29, 1.82) is 0 Å². The average molecular weight is 223 g/mol. The van der Waals surface area contributed by atoms with Gasteiger partial charge in [-0.15, -0.1) is 6.07 Å². The molecule has 1 aromatic carbocycles. The number of anilines is 1. The van der Waals surface area contributed by atoms with Crippen molar-refractivity contribution in [2.24, 2.45) is 0 Å². The van der Waals surface area contributed by atoms with Crippen LogP contribution in [0, 0.1) is 6.07 Å². The Morgan fingerprint density at radius 3 is 2.64 bits per heavy atom. The normalized spacial score (nSPS) is 8.45. The first kappa shape index (κ1) is 10.8. The van der Waals surface area contributed by atoms with E-state index in [0.717, 1.165) is 0 Å². The number of hydrogen-bond acceptors (Lipinski definition) is 2. The Morgan fingerprint density at radius 1 is 1.64 bits per heavy atom. The number of rotatable bonds is 1.